The molecule has 1 heterocycles. The molecule has 0 aliphatic heterocycles. The zero-order valence-corrected chi connectivity index (χ0v) is 12.1. The van der Waals surface area contributed by atoms with Gasteiger partial charge in [0.25, 0.3) is 0 Å². The zero-order valence-electron chi connectivity index (χ0n) is 11.4. The van der Waals surface area contributed by atoms with Gasteiger partial charge in [0, 0.05) is 13.7 Å². The lowest BCUT2D eigenvalue weighted by atomic mass is 10.2. The summed E-state index contributed by atoms with van der Waals surface area (Å²) in [5.74, 6) is 0.107. The molecule has 20 heavy (non-hydrogen) atoms. The Morgan fingerprint density at radius 1 is 1.60 bits per heavy atom. The first-order chi connectivity index (χ1) is 9.56. The second kappa shape index (κ2) is 6.11. The SMILES string of the molecule is COCCNC(=O)C(C)n1c(N)nc2cccc(Cl)c21. The van der Waals surface area contributed by atoms with Gasteiger partial charge in [0.15, 0.2) is 0 Å². The number of nitrogen functional groups attached to an aromatic ring is 1. The lowest BCUT2D eigenvalue weighted by Crippen LogP contribution is -2.33. The molecule has 0 fully saturated rings. The van der Waals surface area contributed by atoms with Crippen LogP contribution in [0.25, 0.3) is 11.0 Å². The van der Waals surface area contributed by atoms with Crippen LogP contribution in [0.15, 0.2) is 18.2 Å². The summed E-state index contributed by atoms with van der Waals surface area (Å²) in [6.45, 7) is 2.66. The van der Waals surface area contributed by atoms with Crippen molar-refractivity contribution in [3.63, 3.8) is 0 Å². The third-order valence-corrected chi connectivity index (χ3v) is 3.37. The van der Waals surface area contributed by atoms with Gasteiger partial charge in [-0.3, -0.25) is 9.36 Å². The molecule has 2 rings (SSSR count). The number of halogens is 1. The number of nitrogens with zero attached hydrogens (tertiary/aromatic N) is 2. The molecule has 1 amide bonds. The van der Waals surface area contributed by atoms with Crippen LogP contribution in [-0.4, -0.2) is 35.7 Å². The second-order valence-electron chi connectivity index (χ2n) is 4.41. The molecule has 0 aliphatic carbocycles. The van der Waals surface area contributed by atoms with E-state index in [0.717, 1.165) is 0 Å². The van der Waals surface area contributed by atoms with Crippen LogP contribution in [0, 0.1) is 0 Å². The Labute approximate surface area is 121 Å². The van der Waals surface area contributed by atoms with Crippen molar-refractivity contribution in [2.45, 2.75) is 13.0 Å². The van der Waals surface area contributed by atoms with Crippen LogP contribution >= 0.6 is 11.6 Å². The number of methoxy groups -OCH3 is 1. The summed E-state index contributed by atoms with van der Waals surface area (Å²) in [5.41, 5.74) is 7.24. The molecule has 1 atom stereocenters. The number of carbonyl (C=O) groups excluding carboxylic acids is 1. The molecule has 7 heteroatoms. The number of nitrogens with two attached hydrogens (primary N) is 1. The molecule has 3 N–H and O–H groups in total. The van der Waals surface area contributed by atoms with Crippen LogP contribution in [-0.2, 0) is 9.53 Å². The summed E-state index contributed by atoms with van der Waals surface area (Å²) in [6, 6.07) is 4.85. The van der Waals surface area contributed by atoms with E-state index in [1.807, 2.05) is 6.07 Å². The quantitative estimate of drug-likeness (QED) is 0.821. The van der Waals surface area contributed by atoms with Gasteiger partial charge in [-0.25, -0.2) is 4.98 Å². The van der Waals surface area contributed by atoms with Crippen molar-refractivity contribution in [2.24, 2.45) is 0 Å². The maximum Gasteiger partial charge on any atom is 0.242 e. The fourth-order valence-corrected chi connectivity index (χ4v) is 2.32. The third-order valence-electron chi connectivity index (χ3n) is 3.06. The van der Waals surface area contributed by atoms with Crippen molar-refractivity contribution in [3.05, 3.63) is 23.2 Å². The van der Waals surface area contributed by atoms with Crippen molar-refractivity contribution < 1.29 is 9.53 Å². The van der Waals surface area contributed by atoms with Gasteiger partial charge in [-0.15, -0.1) is 0 Å². The Morgan fingerprint density at radius 3 is 3.05 bits per heavy atom. The smallest absolute Gasteiger partial charge is 0.242 e. The first kappa shape index (κ1) is 14.6. The number of nitrogens with one attached hydrogen (secondary N) is 1. The van der Waals surface area contributed by atoms with Crippen LogP contribution in [0.1, 0.15) is 13.0 Å². The van der Waals surface area contributed by atoms with Crippen molar-refractivity contribution in [3.8, 4) is 0 Å². The fraction of sp³-hybridized carbons (Fsp3) is 0.385. The molecule has 1 unspecified atom stereocenters. The molecule has 0 saturated heterocycles. The predicted molar refractivity (Wildman–Crippen MR) is 78.8 cm³/mol. The molecule has 0 aliphatic rings. The number of anilines is 1. The van der Waals surface area contributed by atoms with E-state index in [4.69, 9.17) is 22.1 Å². The fourth-order valence-electron chi connectivity index (χ4n) is 2.06. The molecule has 1 aromatic carbocycles. The number of rotatable bonds is 5. The van der Waals surface area contributed by atoms with Gasteiger partial charge in [-0.1, -0.05) is 17.7 Å². The Kier molecular flexibility index (Phi) is 4.46. The number of aromatic nitrogens is 2. The number of ether oxygens (including phenoxy) is 1. The number of benzene rings is 1. The molecule has 6 nitrogen and oxygen atoms in total. The molecule has 1 aromatic heterocycles. The van der Waals surface area contributed by atoms with Crippen LogP contribution in [0.5, 0.6) is 0 Å². The number of fused-ring (bicyclic) bond motifs is 1. The predicted octanol–water partition coefficient (Wildman–Crippen LogP) is 1.60. The van der Waals surface area contributed by atoms with E-state index < -0.39 is 6.04 Å². The van der Waals surface area contributed by atoms with Crippen LogP contribution in [0.2, 0.25) is 5.02 Å². The Morgan fingerprint density at radius 2 is 2.35 bits per heavy atom. The van der Waals surface area contributed by atoms with Crippen molar-refractivity contribution in [1.29, 1.82) is 0 Å². The summed E-state index contributed by atoms with van der Waals surface area (Å²) < 4.78 is 6.53. The summed E-state index contributed by atoms with van der Waals surface area (Å²) in [7, 11) is 1.58. The van der Waals surface area contributed by atoms with Gasteiger partial charge < -0.3 is 15.8 Å². The molecule has 0 bridgehead atoms. The molecule has 0 spiro atoms. The monoisotopic (exact) mass is 296 g/mol. The van der Waals surface area contributed by atoms with Gasteiger partial charge in [0.05, 0.1) is 22.7 Å². The van der Waals surface area contributed by atoms with E-state index in [2.05, 4.69) is 10.3 Å². The van der Waals surface area contributed by atoms with E-state index >= 15 is 0 Å². The highest BCUT2D eigenvalue weighted by atomic mass is 35.5. The average molecular weight is 297 g/mol. The highest BCUT2D eigenvalue weighted by Crippen LogP contribution is 2.28. The topological polar surface area (TPSA) is 82.2 Å². The van der Waals surface area contributed by atoms with Crippen molar-refractivity contribution >= 4 is 34.5 Å². The van der Waals surface area contributed by atoms with Crippen molar-refractivity contribution in [1.82, 2.24) is 14.9 Å². The summed E-state index contributed by atoms with van der Waals surface area (Å²) in [4.78, 5) is 16.3. The molecular weight excluding hydrogens is 280 g/mol. The number of para-hydroxylation sites is 1. The molecular formula is C13H17ClN4O2. The minimum absolute atomic E-state index is 0.159. The zero-order chi connectivity index (χ0) is 14.7. The lowest BCUT2D eigenvalue weighted by molar-refractivity contribution is -0.123. The average Bonchev–Trinajstić information content (AvgIpc) is 2.75. The van der Waals surface area contributed by atoms with Gasteiger partial charge in [-0.2, -0.15) is 0 Å². The first-order valence-electron chi connectivity index (χ1n) is 6.24. The normalized spacial score (nSPS) is 12.6. The number of hydrogen-bond acceptors (Lipinski definition) is 4. The Hall–Kier alpha value is -1.79. The Bertz CT molecular complexity index is 626. The van der Waals surface area contributed by atoms with Crippen LogP contribution < -0.4 is 11.1 Å². The lowest BCUT2D eigenvalue weighted by Gasteiger charge is -2.16. The van der Waals surface area contributed by atoms with E-state index in [-0.39, 0.29) is 11.9 Å². The highest BCUT2D eigenvalue weighted by molar-refractivity contribution is 6.35. The van der Waals surface area contributed by atoms with E-state index in [0.29, 0.717) is 29.2 Å². The van der Waals surface area contributed by atoms with E-state index in [1.54, 1.807) is 30.7 Å². The standard InChI is InChI=1S/C13H17ClN4O2/c1-8(12(19)16-6-7-20-2)18-11-9(14)4-3-5-10(11)17-13(18)15/h3-5,8H,6-7H2,1-2H3,(H2,15,17)(H,16,19). The molecule has 0 radical (unpaired) electrons. The third kappa shape index (κ3) is 2.71. The Balaban J connectivity index is 2.32. The van der Waals surface area contributed by atoms with Gasteiger partial charge >= 0.3 is 0 Å². The molecule has 108 valence electrons. The van der Waals surface area contributed by atoms with Gasteiger partial charge in [0.2, 0.25) is 11.9 Å². The van der Waals surface area contributed by atoms with E-state index in [1.165, 1.54) is 0 Å². The number of hydrogen-bond donors (Lipinski definition) is 2. The minimum atomic E-state index is -0.503. The largest absolute Gasteiger partial charge is 0.383 e. The molecule has 2 aromatic rings. The van der Waals surface area contributed by atoms with Gasteiger partial charge in [0.1, 0.15) is 6.04 Å². The highest BCUT2D eigenvalue weighted by Gasteiger charge is 2.21. The summed E-state index contributed by atoms with van der Waals surface area (Å²) in [6.07, 6.45) is 0. The number of imidazole rings is 1. The first-order valence-corrected chi connectivity index (χ1v) is 6.62. The minimum Gasteiger partial charge on any atom is -0.383 e. The van der Waals surface area contributed by atoms with Crippen molar-refractivity contribution in [2.75, 3.05) is 26.0 Å². The number of amides is 1. The van der Waals surface area contributed by atoms with Crippen LogP contribution in [0.4, 0.5) is 5.95 Å². The van der Waals surface area contributed by atoms with E-state index in [9.17, 15) is 4.79 Å². The summed E-state index contributed by atoms with van der Waals surface area (Å²) in [5, 5.41) is 3.29. The maximum atomic E-state index is 12.1. The second-order valence-corrected chi connectivity index (χ2v) is 4.81. The van der Waals surface area contributed by atoms with Gasteiger partial charge in [-0.05, 0) is 19.1 Å². The maximum absolute atomic E-state index is 12.1. The van der Waals surface area contributed by atoms with Crippen LogP contribution in [0.3, 0.4) is 0 Å². The number of carbonyl (C=O) groups is 1. The summed E-state index contributed by atoms with van der Waals surface area (Å²) >= 11 is 6.18. The molecule has 0 saturated carbocycles.